The van der Waals surface area contributed by atoms with Gasteiger partial charge in [0.2, 0.25) is 11.9 Å². The van der Waals surface area contributed by atoms with Crippen LogP contribution in [0.25, 0.3) is 11.6 Å². The van der Waals surface area contributed by atoms with Crippen molar-refractivity contribution in [1.82, 2.24) is 15.0 Å². The molecule has 3 rings (SSSR count). The largest absolute Gasteiger partial charge is 0.368 e. The minimum absolute atomic E-state index is 0.0420. The lowest BCUT2D eigenvalue weighted by molar-refractivity contribution is 1.04. The monoisotopic (exact) mass is 392 g/mol. The average molecular weight is 393 g/mol. The topological polar surface area (TPSA) is 101 Å². The molecule has 2 aromatic carbocycles. The second kappa shape index (κ2) is 7.55. The molecule has 0 unspecified atom stereocenters. The van der Waals surface area contributed by atoms with Crippen molar-refractivity contribution in [2.45, 2.75) is 0 Å². The zero-order valence-electron chi connectivity index (χ0n) is 13.0. The number of nitriles is 1. The molecule has 3 aromatic rings. The number of nitrogens with two attached hydrogens (primary N) is 1. The molecule has 0 amide bonds. The normalized spacial score (nSPS) is 11.0. The van der Waals surface area contributed by atoms with Crippen molar-refractivity contribution >= 4 is 45.2 Å². The summed E-state index contributed by atoms with van der Waals surface area (Å²) in [7, 11) is 0. The molecule has 0 aliphatic carbocycles. The van der Waals surface area contributed by atoms with Gasteiger partial charge >= 0.3 is 0 Å². The predicted octanol–water partition coefficient (Wildman–Crippen LogP) is 4.02. The molecule has 3 N–H and O–H groups in total. The van der Waals surface area contributed by atoms with Gasteiger partial charge in [-0.3, -0.25) is 0 Å². The first-order valence-corrected chi connectivity index (χ1v) is 8.15. The molecule has 0 fully saturated rings. The summed E-state index contributed by atoms with van der Waals surface area (Å²) in [6.07, 6.45) is 1.70. The Bertz CT molecular complexity index is 946. The van der Waals surface area contributed by atoms with Crippen LogP contribution < -0.4 is 11.1 Å². The van der Waals surface area contributed by atoms with Crippen LogP contribution in [0.1, 0.15) is 11.4 Å². The van der Waals surface area contributed by atoms with Gasteiger partial charge in [0.1, 0.15) is 6.07 Å². The van der Waals surface area contributed by atoms with E-state index in [1.807, 2.05) is 54.6 Å². The Morgan fingerprint density at radius 3 is 2.44 bits per heavy atom. The van der Waals surface area contributed by atoms with Crippen molar-refractivity contribution in [2.75, 3.05) is 11.1 Å². The Labute approximate surface area is 153 Å². The summed E-state index contributed by atoms with van der Waals surface area (Å²) >= 11 is 3.38. The number of halogens is 1. The zero-order chi connectivity index (χ0) is 17.6. The second-order valence-electron chi connectivity index (χ2n) is 5.05. The number of nitrogen functional groups attached to an aromatic ring is 1. The molecule has 7 heteroatoms. The molecule has 0 aliphatic heterocycles. The molecule has 122 valence electrons. The number of aromatic nitrogens is 3. The number of nitrogens with zero attached hydrogens (tertiary/aromatic N) is 4. The van der Waals surface area contributed by atoms with Gasteiger partial charge in [-0.1, -0.05) is 46.3 Å². The first-order chi connectivity index (χ1) is 12.1. The Morgan fingerprint density at radius 1 is 1.04 bits per heavy atom. The van der Waals surface area contributed by atoms with Crippen molar-refractivity contribution in [3.63, 3.8) is 0 Å². The molecule has 0 spiro atoms. The van der Waals surface area contributed by atoms with Gasteiger partial charge in [0, 0.05) is 10.2 Å². The lowest BCUT2D eigenvalue weighted by atomic mass is 10.1. The molecule has 0 radical (unpaired) electrons. The van der Waals surface area contributed by atoms with Gasteiger partial charge in [-0.2, -0.15) is 20.2 Å². The van der Waals surface area contributed by atoms with Gasteiger partial charge in [0.05, 0.1) is 5.57 Å². The first kappa shape index (κ1) is 16.6. The SMILES string of the molecule is N#C/C(=C\c1ccc(Br)cc1)c1nc(N)nc(Nc2ccccc2)n1. The van der Waals surface area contributed by atoms with E-state index in [1.54, 1.807) is 6.08 Å². The summed E-state index contributed by atoms with van der Waals surface area (Å²) in [6.45, 7) is 0. The number of hydrogen-bond donors (Lipinski definition) is 2. The van der Waals surface area contributed by atoms with E-state index < -0.39 is 0 Å². The van der Waals surface area contributed by atoms with E-state index in [-0.39, 0.29) is 17.7 Å². The van der Waals surface area contributed by atoms with E-state index in [4.69, 9.17) is 5.73 Å². The average Bonchev–Trinajstić information content (AvgIpc) is 2.61. The van der Waals surface area contributed by atoms with E-state index in [2.05, 4.69) is 42.3 Å². The highest BCUT2D eigenvalue weighted by molar-refractivity contribution is 9.10. The fourth-order valence-corrected chi connectivity index (χ4v) is 2.36. The quantitative estimate of drug-likeness (QED) is 0.650. The summed E-state index contributed by atoms with van der Waals surface area (Å²) in [5, 5.41) is 12.5. The zero-order valence-corrected chi connectivity index (χ0v) is 14.6. The number of anilines is 3. The molecule has 1 heterocycles. The van der Waals surface area contributed by atoms with Crippen LogP contribution in [0.15, 0.2) is 59.1 Å². The first-order valence-electron chi connectivity index (χ1n) is 7.35. The molecule has 0 atom stereocenters. The Hall–Kier alpha value is -3.24. The lowest BCUT2D eigenvalue weighted by Crippen LogP contribution is -2.06. The Morgan fingerprint density at radius 2 is 1.76 bits per heavy atom. The summed E-state index contributed by atoms with van der Waals surface area (Å²) in [4.78, 5) is 12.4. The van der Waals surface area contributed by atoms with Gasteiger partial charge in [0.15, 0.2) is 5.82 Å². The van der Waals surface area contributed by atoms with Crippen LogP contribution in [0.3, 0.4) is 0 Å². The maximum atomic E-state index is 9.48. The fraction of sp³-hybridized carbons (Fsp3) is 0. The molecule has 25 heavy (non-hydrogen) atoms. The number of allylic oxidation sites excluding steroid dienone is 1. The van der Waals surface area contributed by atoms with Gasteiger partial charge in [-0.15, -0.1) is 0 Å². The van der Waals surface area contributed by atoms with Crippen LogP contribution in [0.2, 0.25) is 0 Å². The van der Waals surface area contributed by atoms with Gasteiger partial charge in [-0.25, -0.2) is 0 Å². The fourth-order valence-electron chi connectivity index (χ4n) is 2.09. The number of nitrogens with one attached hydrogen (secondary N) is 1. The lowest BCUT2D eigenvalue weighted by Gasteiger charge is -2.07. The van der Waals surface area contributed by atoms with E-state index >= 15 is 0 Å². The molecular formula is C18H13BrN6. The summed E-state index contributed by atoms with van der Waals surface area (Å²) in [5.74, 6) is 0.544. The van der Waals surface area contributed by atoms with Crippen LogP contribution in [0.4, 0.5) is 17.6 Å². The van der Waals surface area contributed by atoms with Gasteiger partial charge in [0.25, 0.3) is 0 Å². The Balaban J connectivity index is 1.95. The van der Waals surface area contributed by atoms with Crippen LogP contribution in [0, 0.1) is 11.3 Å². The van der Waals surface area contributed by atoms with Crippen molar-refractivity contribution < 1.29 is 0 Å². The highest BCUT2D eigenvalue weighted by atomic mass is 79.9. The molecule has 0 bridgehead atoms. The third-order valence-corrected chi connectivity index (χ3v) is 3.75. The summed E-state index contributed by atoms with van der Waals surface area (Å²) in [5.41, 5.74) is 7.74. The maximum absolute atomic E-state index is 9.48. The Kier molecular flexibility index (Phi) is 5.02. The molecule has 1 aromatic heterocycles. The third kappa shape index (κ3) is 4.40. The standard InChI is InChI=1S/C18H13BrN6/c19-14-8-6-12(7-9-14)10-13(11-20)16-23-17(21)25-18(24-16)22-15-4-2-1-3-5-15/h1-10H,(H3,21,22,23,24,25)/b13-10+. The van der Waals surface area contributed by atoms with Crippen LogP contribution in [-0.4, -0.2) is 15.0 Å². The van der Waals surface area contributed by atoms with Crippen molar-refractivity contribution in [3.8, 4) is 6.07 Å². The highest BCUT2D eigenvalue weighted by Crippen LogP contribution is 2.19. The van der Waals surface area contributed by atoms with E-state index in [1.165, 1.54) is 0 Å². The van der Waals surface area contributed by atoms with E-state index in [0.29, 0.717) is 5.57 Å². The third-order valence-electron chi connectivity index (χ3n) is 3.22. The predicted molar refractivity (Wildman–Crippen MR) is 102 cm³/mol. The molecule has 0 saturated carbocycles. The minimum atomic E-state index is 0.0420. The van der Waals surface area contributed by atoms with Crippen molar-refractivity contribution in [3.05, 3.63) is 70.5 Å². The summed E-state index contributed by atoms with van der Waals surface area (Å²) in [6, 6.07) is 19.1. The highest BCUT2D eigenvalue weighted by Gasteiger charge is 2.10. The molecular weight excluding hydrogens is 380 g/mol. The van der Waals surface area contributed by atoms with Crippen LogP contribution in [-0.2, 0) is 0 Å². The van der Waals surface area contributed by atoms with Crippen LogP contribution in [0.5, 0.6) is 0 Å². The van der Waals surface area contributed by atoms with Gasteiger partial charge < -0.3 is 11.1 Å². The molecule has 0 saturated heterocycles. The van der Waals surface area contributed by atoms with E-state index in [0.717, 1.165) is 15.7 Å². The molecule has 0 aliphatic rings. The second-order valence-corrected chi connectivity index (χ2v) is 5.97. The number of benzene rings is 2. The summed E-state index contributed by atoms with van der Waals surface area (Å²) < 4.78 is 0.960. The van der Waals surface area contributed by atoms with Gasteiger partial charge in [-0.05, 0) is 35.9 Å². The number of hydrogen-bond acceptors (Lipinski definition) is 6. The van der Waals surface area contributed by atoms with Crippen molar-refractivity contribution in [1.29, 1.82) is 5.26 Å². The van der Waals surface area contributed by atoms with E-state index in [9.17, 15) is 5.26 Å². The number of para-hydroxylation sites is 1. The number of rotatable bonds is 4. The minimum Gasteiger partial charge on any atom is -0.368 e. The van der Waals surface area contributed by atoms with Crippen molar-refractivity contribution in [2.24, 2.45) is 0 Å². The smallest absolute Gasteiger partial charge is 0.232 e. The molecule has 6 nitrogen and oxygen atoms in total. The van der Waals surface area contributed by atoms with Crippen LogP contribution >= 0.6 is 15.9 Å². The maximum Gasteiger partial charge on any atom is 0.232 e.